The van der Waals surface area contributed by atoms with Crippen LogP contribution >= 0.6 is 0 Å². The predicted molar refractivity (Wildman–Crippen MR) is 68.9 cm³/mol. The van der Waals surface area contributed by atoms with Crippen molar-refractivity contribution in [3.05, 3.63) is 36.5 Å². The molecule has 98 valence electrons. The van der Waals surface area contributed by atoms with Crippen molar-refractivity contribution in [1.82, 2.24) is 25.1 Å². The number of pyridine rings is 1. The molecule has 0 bridgehead atoms. The molecular weight excluding hydrogens is 242 g/mol. The zero-order valence-corrected chi connectivity index (χ0v) is 10.5. The molecule has 1 aliphatic rings. The number of carbonyl (C=O) groups excluding carboxylic acids is 1. The average Bonchev–Trinajstić information content (AvgIpc) is 3.12. The molecule has 2 aromatic rings. The first-order valence-electron chi connectivity index (χ1n) is 6.45. The lowest BCUT2D eigenvalue weighted by Crippen LogP contribution is -2.32. The standard InChI is InChI=1S/C13H15N5O/c19-13(17-11-3-1-2-4-11)10-5-6-14-12(7-10)18-8-15-16-9-18/h5-9,11H,1-4H2,(H,17,19). The first-order valence-corrected chi connectivity index (χ1v) is 6.45. The summed E-state index contributed by atoms with van der Waals surface area (Å²) in [5.41, 5.74) is 0.616. The van der Waals surface area contributed by atoms with Crippen LogP contribution in [0.1, 0.15) is 36.0 Å². The van der Waals surface area contributed by atoms with E-state index in [1.54, 1.807) is 35.6 Å². The Morgan fingerprint density at radius 3 is 2.74 bits per heavy atom. The Morgan fingerprint density at radius 2 is 2.00 bits per heavy atom. The van der Waals surface area contributed by atoms with Gasteiger partial charge in [0.1, 0.15) is 18.5 Å². The fourth-order valence-electron chi connectivity index (χ4n) is 2.36. The molecule has 2 aromatic heterocycles. The lowest BCUT2D eigenvalue weighted by Gasteiger charge is -2.12. The van der Waals surface area contributed by atoms with Crippen molar-refractivity contribution >= 4 is 5.91 Å². The molecular formula is C13H15N5O. The number of nitrogens with zero attached hydrogens (tertiary/aromatic N) is 4. The fourth-order valence-corrected chi connectivity index (χ4v) is 2.36. The number of hydrogen-bond acceptors (Lipinski definition) is 4. The topological polar surface area (TPSA) is 72.7 Å². The second-order valence-electron chi connectivity index (χ2n) is 4.73. The maximum atomic E-state index is 12.1. The molecule has 19 heavy (non-hydrogen) atoms. The van der Waals surface area contributed by atoms with Crippen LogP contribution in [0.2, 0.25) is 0 Å². The first kappa shape index (κ1) is 11.8. The van der Waals surface area contributed by atoms with Crippen molar-refractivity contribution in [2.45, 2.75) is 31.7 Å². The molecule has 0 aromatic carbocycles. The minimum atomic E-state index is -0.0383. The zero-order valence-electron chi connectivity index (χ0n) is 10.5. The average molecular weight is 257 g/mol. The Labute approximate surface area is 110 Å². The fraction of sp³-hybridized carbons (Fsp3) is 0.385. The molecule has 0 atom stereocenters. The SMILES string of the molecule is O=C(NC1CCCC1)c1ccnc(-n2cnnc2)c1. The third kappa shape index (κ3) is 2.62. The molecule has 6 heteroatoms. The summed E-state index contributed by atoms with van der Waals surface area (Å²) in [4.78, 5) is 16.3. The molecule has 1 N–H and O–H groups in total. The van der Waals surface area contributed by atoms with E-state index in [2.05, 4.69) is 20.5 Å². The largest absolute Gasteiger partial charge is 0.349 e. The molecule has 0 aliphatic heterocycles. The minimum Gasteiger partial charge on any atom is -0.349 e. The van der Waals surface area contributed by atoms with E-state index in [1.807, 2.05) is 0 Å². The molecule has 1 aliphatic carbocycles. The maximum absolute atomic E-state index is 12.1. The van der Waals surface area contributed by atoms with Crippen LogP contribution in [0.5, 0.6) is 0 Å². The summed E-state index contributed by atoms with van der Waals surface area (Å²) in [5.74, 6) is 0.604. The van der Waals surface area contributed by atoms with E-state index in [-0.39, 0.29) is 5.91 Å². The summed E-state index contributed by atoms with van der Waals surface area (Å²) in [6.07, 6.45) is 9.30. The summed E-state index contributed by atoms with van der Waals surface area (Å²) >= 11 is 0. The number of hydrogen-bond donors (Lipinski definition) is 1. The molecule has 0 spiro atoms. The van der Waals surface area contributed by atoms with Gasteiger partial charge < -0.3 is 5.32 Å². The van der Waals surface area contributed by atoms with Gasteiger partial charge in [0.25, 0.3) is 5.91 Å². The van der Waals surface area contributed by atoms with E-state index in [9.17, 15) is 4.79 Å². The smallest absolute Gasteiger partial charge is 0.251 e. The van der Waals surface area contributed by atoms with Crippen molar-refractivity contribution in [3.63, 3.8) is 0 Å². The van der Waals surface area contributed by atoms with Gasteiger partial charge >= 0.3 is 0 Å². The molecule has 3 rings (SSSR count). The second-order valence-corrected chi connectivity index (χ2v) is 4.73. The highest BCUT2D eigenvalue weighted by atomic mass is 16.1. The van der Waals surface area contributed by atoms with Crippen LogP contribution in [-0.4, -0.2) is 31.7 Å². The molecule has 1 amide bonds. The molecule has 2 heterocycles. The lowest BCUT2D eigenvalue weighted by molar-refractivity contribution is 0.0937. The van der Waals surface area contributed by atoms with Gasteiger partial charge in [0.05, 0.1) is 0 Å². The van der Waals surface area contributed by atoms with Crippen LogP contribution < -0.4 is 5.32 Å². The molecule has 6 nitrogen and oxygen atoms in total. The van der Waals surface area contributed by atoms with Gasteiger partial charge in [-0.25, -0.2) is 4.98 Å². The first-order chi connectivity index (χ1) is 9.33. The van der Waals surface area contributed by atoms with Gasteiger partial charge in [-0.3, -0.25) is 9.36 Å². The second kappa shape index (κ2) is 5.17. The van der Waals surface area contributed by atoms with Crippen molar-refractivity contribution in [3.8, 4) is 5.82 Å². The minimum absolute atomic E-state index is 0.0383. The van der Waals surface area contributed by atoms with Crippen molar-refractivity contribution in [2.24, 2.45) is 0 Å². The van der Waals surface area contributed by atoms with E-state index < -0.39 is 0 Å². The van der Waals surface area contributed by atoms with E-state index >= 15 is 0 Å². The molecule has 0 saturated heterocycles. The van der Waals surface area contributed by atoms with Crippen LogP contribution in [0.15, 0.2) is 31.0 Å². The van der Waals surface area contributed by atoms with Gasteiger partial charge in [0, 0.05) is 17.8 Å². The van der Waals surface area contributed by atoms with Gasteiger partial charge in [-0.15, -0.1) is 10.2 Å². The Hall–Kier alpha value is -2.24. The van der Waals surface area contributed by atoms with E-state index in [0.29, 0.717) is 17.4 Å². The van der Waals surface area contributed by atoms with Crippen LogP contribution in [0.25, 0.3) is 5.82 Å². The van der Waals surface area contributed by atoms with Crippen LogP contribution in [-0.2, 0) is 0 Å². The normalized spacial score (nSPS) is 15.6. The van der Waals surface area contributed by atoms with Crippen molar-refractivity contribution in [2.75, 3.05) is 0 Å². The quantitative estimate of drug-likeness (QED) is 0.900. The number of carbonyl (C=O) groups is 1. The summed E-state index contributed by atoms with van der Waals surface area (Å²) in [6, 6.07) is 3.78. The molecule has 0 radical (unpaired) electrons. The monoisotopic (exact) mass is 257 g/mol. The number of nitrogens with one attached hydrogen (secondary N) is 1. The lowest BCUT2D eigenvalue weighted by atomic mass is 10.2. The Balaban J connectivity index is 1.77. The van der Waals surface area contributed by atoms with Gasteiger partial charge in [-0.1, -0.05) is 12.8 Å². The predicted octanol–water partition coefficient (Wildman–Crippen LogP) is 1.33. The van der Waals surface area contributed by atoms with Gasteiger partial charge in [-0.2, -0.15) is 0 Å². The van der Waals surface area contributed by atoms with Crippen molar-refractivity contribution < 1.29 is 4.79 Å². The van der Waals surface area contributed by atoms with Crippen LogP contribution in [0.3, 0.4) is 0 Å². The number of amides is 1. The van der Waals surface area contributed by atoms with Crippen molar-refractivity contribution in [1.29, 1.82) is 0 Å². The summed E-state index contributed by atoms with van der Waals surface area (Å²) in [5, 5.41) is 10.5. The third-order valence-electron chi connectivity index (χ3n) is 3.38. The summed E-state index contributed by atoms with van der Waals surface area (Å²) in [7, 11) is 0. The third-order valence-corrected chi connectivity index (χ3v) is 3.38. The maximum Gasteiger partial charge on any atom is 0.251 e. The Bertz CT molecular complexity index is 560. The van der Waals surface area contributed by atoms with E-state index in [0.717, 1.165) is 12.8 Å². The molecule has 0 unspecified atom stereocenters. The summed E-state index contributed by atoms with van der Waals surface area (Å²) < 4.78 is 1.67. The highest BCUT2D eigenvalue weighted by Crippen LogP contribution is 2.18. The highest BCUT2D eigenvalue weighted by Gasteiger charge is 2.18. The molecule has 1 fully saturated rings. The summed E-state index contributed by atoms with van der Waals surface area (Å²) in [6.45, 7) is 0. The van der Waals surface area contributed by atoms with E-state index in [4.69, 9.17) is 0 Å². The highest BCUT2D eigenvalue weighted by molar-refractivity contribution is 5.94. The van der Waals surface area contributed by atoms with E-state index in [1.165, 1.54) is 12.8 Å². The number of aromatic nitrogens is 4. The number of rotatable bonds is 3. The Morgan fingerprint density at radius 1 is 1.26 bits per heavy atom. The van der Waals surface area contributed by atoms with Crippen LogP contribution in [0.4, 0.5) is 0 Å². The molecule has 1 saturated carbocycles. The van der Waals surface area contributed by atoms with Crippen LogP contribution in [0, 0.1) is 0 Å². The Kier molecular flexibility index (Phi) is 3.22. The zero-order chi connectivity index (χ0) is 13.1. The van der Waals surface area contributed by atoms with Gasteiger partial charge in [-0.05, 0) is 25.0 Å². The van der Waals surface area contributed by atoms with Gasteiger partial charge in [0.2, 0.25) is 0 Å². The van der Waals surface area contributed by atoms with Gasteiger partial charge in [0.15, 0.2) is 0 Å².